The van der Waals surface area contributed by atoms with Crippen LogP contribution in [0.25, 0.3) is 11.3 Å². The van der Waals surface area contributed by atoms with Crippen LogP contribution in [0.3, 0.4) is 0 Å². The maximum Gasteiger partial charge on any atom is 0.123 e. The largest absolute Gasteiger partial charge is 0.325 e. The second-order valence-electron chi connectivity index (χ2n) is 3.82. The molecule has 1 aromatic carbocycles. The molecule has 4 nitrogen and oxygen atoms in total. The first-order valence-corrected chi connectivity index (χ1v) is 5.64. The second-order valence-corrected chi connectivity index (χ2v) is 3.82. The fourth-order valence-corrected chi connectivity index (χ4v) is 1.78. The van der Waals surface area contributed by atoms with E-state index in [4.69, 9.17) is 5.73 Å². The summed E-state index contributed by atoms with van der Waals surface area (Å²) in [4.78, 5) is 0. The van der Waals surface area contributed by atoms with E-state index in [0.717, 1.165) is 29.9 Å². The number of hydrogen-bond acceptors (Lipinski definition) is 3. The Morgan fingerprint density at radius 2 is 2.00 bits per heavy atom. The van der Waals surface area contributed by atoms with Gasteiger partial charge in [0, 0.05) is 18.7 Å². The van der Waals surface area contributed by atoms with Gasteiger partial charge in [-0.25, -0.2) is 9.07 Å². The van der Waals surface area contributed by atoms with Crippen molar-refractivity contribution in [3.63, 3.8) is 0 Å². The van der Waals surface area contributed by atoms with Crippen LogP contribution in [0.2, 0.25) is 0 Å². The zero-order valence-corrected chi connectivity index (χ0v) is 9.73. The zero-order chi connectivity index (χ0) is 12.3. The Morgan fingerprint density at radius 1 is 1.29 bits per heavy atom. The van der Waals surface area contributed by atoms with Gasteiger partial charge in [-0.15, -0.1) is 5.10 Å². The number of benzene rings is 1. The van der Waals surface area contributed by atoms with Crippen LogP contribution in [0, 0.1) is 5.82 Å². The molecule has 0 aliphatic carbocycles. The number of halogens is 1. The van der Waals surface area contributed by atoms with Crippen LogP contribution in [0.5, 0.6) is 0 Å². The van der Waals surface area contributed by atoms with Gasteiger partial charge in [-0.3, -0.25) is 0 Å². The Morgan fingerprint density at radius 3 is 2.59 bits per heavy atom. The van der Waals surface area contributed by atoms with Crippen LogP contribution < -0.4 is 5.73 Å². The van der Waals surface area contributed by atoms with Crippen LogP contribution in [0.1, 0.15) is 19.0 Å². The quantitative estimate of drug-likeness (QED) is 0.879. The minimum absolute atomic E-state index is 0.252. The van der Waals surface area contributed by atoms with E-state index in [2.05, 4.69) is 17.2 Å². The molecule has 0 aliphatic rings. The number of aromatic nitrogens is 3. The third-order valence-electron chi connectivity index (χ3n) is 2.55. The first-order valence-electron chi connectivity index (χ1n) is 5.64. The number of hydrogen-bond donors (Lipinski definition) is 1. The summed E-state index contributed by atoms with van der Waals surface area (Å²) in [6.07, 6.45) is 0.960. The Balaban J connectivity index is 2.47. The second kappa shape index (κ2) is 5.05. The molecule has 0 radical (unpaired) electrons. The van der Waals surface area contributed by atoms with E-state index in [9.17, 15) is 4.39 Å². The molecule has 0 bridgehead atoms. The molecule has 2 N–H and O–H groups in total. The van der Waals surface area contributed by atoms with Gasteiger partial charge in [-0.1, -0.05) is 12.1 Å². The molecule has 1 aromatic heterocycles. The SMILES string of the molecule is CCCn1nnc(CN)c1-c1ccc(F)cc1. The lowest BCUT2D eigenvalue weighted by Gasteiger charge is -2.06. The highest BCUT2D eigenvalue weighted by atomic mass is 19.1. The van der Waals surface area contributed by atoms with E-state index in [1.165, 1.54) is 12.1 Å². The average Bonchev–Trinajstić information content (AvgIpc) is 2.74. The van der Waals surface area contributed by atoms with Crippen molar-refractivity contribution in [2.75, 3.05) is 0 Å². The smallest absolute Gasteiger partial charge is 0.123 e. The van der Waals surface area contributed by atoms with Gasteiger partial charge in [0.2, 0.25) is 0 Å². The molecular weight excluding hydrogens is 219 g/mol. The van der Waals surface area contributed by atoms with E-state index in [1.807, 2.05) is 4.68 Å². The van der Waals surface area contributed by atoms with E-state index in [0.29, 0.717) is 6.54 Å². The number of rotatable bonds is 4. The zero-order valence-electron chi connectivity index (χ0n) is 9.73. The summed E-state index contributed by atoms with van der Waals surface area (Å²) in [5.41, 5.74) is 8.16. The predicted octanol–water partition coefficient (Wildman–Crippen LogP) is 1.95. The summed E-state index contributed by atoms with van der Waals surface area (Å²) < 4.78 is 14.7. The summed E-state index contributed by atoms with van der Waals surface area (Å²) in [5.74, 6) is -0.252. The molecule has 2 rings (SSSR count). The minimum atomic E-state index is -0.252. The molecule has 1 heterocycles. The molecule has 0 amide bonds. The summed E-state index contributed by atoms with van der Waals surface area (Å²) in [7, 11) is 0. The average molecular weight is 234 g/mol. The molecule has 0 aliphatic heterocycles. The predicted molar refractivity (Wildman–Crippen MR) is 63.6 cm³/mol. The van der Waals surface area contributed by atoms with Crippen molar-refractivity contribution in [3.8, 4) is 11.3 Å². The minimum Gasteiger partial charge on any atom is -0.325 e. The van der Waals surface area contributed by atoms with Crippen LogP contribution in [0.4, 0.5) is 4.39 Å². The van der Waals surface area contributed by atoms with E-state index in [1.54, 1.807) is 12.1 Å². The fourth-order valence-electron chi connectivity index (χ4n) is 1.78. The normalized spacial score (nSPS) is 10.8. The highest BCUT2D eigenvalue weighted by Gasteiger charge is 2.13. The van der Waals surface area contributed by atoms with Crippen molar-refractivity contribution in [1.82, 2.24) is 15.0 Å². The van der Waals surface area contributed by atoms with Crippen molar-refractivity contribution in [2.45, 2.75) is 26.4 Å². The molecule has 0 saturated heterocycles. The van der Waals surface area contributed by atoms with Gasteiger partial charge >= 0.3 is 0 Å². The van der Waals surface area contributed by atoms with E-state index < -0.39 is 0 Å². The van der Waals surface area contributed by atoms with Crippen molar-refractivity contribution < 1.29 is 4.39 Å². The van der Waals surface area contributed by atoms with Crippen molar-refractivity contribution >= 4 is 0 Å². The highest BCUT2D eigenvalue weighted by molar-refractivity contribution is 5.61. The molecule has 0 unspecified atom stereocenters. The molecule has 0 spiro atoms. The first kappa shape index (κ1) is 11.7. The van der Waals surface area contributed by atoms with Crippen LogP contribution >= 0.6 is 0 Å². The number of nitrogens with zero attached hydrogens (tertiary/aromatic N) is 3. The fraction of sp³-hybridized carbons (Fsp3) is 0.333. The summed E-state index contributed by atoms with van der Waals surface area (Å²) in [6.45, 7) is 3.17. The molecule has 2 aromatic rings. The van der Waals surface area contributed by atoms with Crippen molar-refractivity contribution in [3.05, 3.63) is 35.8 Å². The molecule has 0 saturated carbocycles. The highest BCUT2D eigenvalue weighted by Crippen LogP contribution is 2.22. The lowest BCUT2D eigenvalue weighted by molar-refractivity contribution is 0.583. The van der Waals surface area contributed by atoms with Gasteiger partial charge in [0.15, 0.2) is 0 Å². The third kappa shape index (κ3) is 2.34. The Kier molecular flexibility index (Phi) is 3.49. The molecule has 0 atom stereocenters. The maximum absolute atomic E-state index is 12.9. The Hall–Kier alpha value is -1.75. The molecular formula is C12H15FN4. The van der Waals surface area contributed by atoms with Gasteiger partial charge in [0.1, 0.15) is 11.5 Å². The molecule has 17 heavy (non-hydrogen) atoms. The summed E-state index contributed by atoms with van der Waals surface area (Å²) in [5, 5.41) is 8.11. The Bertz CT molecular complexity index is 490. The van der Waals surface area contributed by atoms with E-state index >= 15 is 0 Å². The van der Waals surface area contributed by atoms with Crippen LogP contribution in [-0.2, 0) is 13.1 Å². The topological polar surface area (TPSA) is 56.7 Å². The molecule has 5 heteroatoms. The van der Waals surface area contributed by atoms with Gasteiger partial charge in [0.25, 0.3) is 0 Å². The number of nitrogens with two attached hydrogens (primary N) is 1. The molecule has 90 valence electrons. The monoisotopic (exact) mass is 234 g/mol. The first-order chi connectivity index (χ1) is 8.26. The van der Waals surface area contributed by atoms with Crippen LogP contribution in [0.15, 0.2) is 24.3 Å². The lowest BCUT2D eigenvalue weighted by atomic mass is 10.1. The summed E-state index contributed by atoms with van der Waals surface area (Å²) in [6, 6.07) is 6.30. The lowest BCUT2D eigenvalue weighted by Crippen LogP contribution is -2.04. The van der Waals surface area contributed by atoms with Gasteiger partial charge in [-0.05, 0) is 30.7 Å². The van der Waals surface area contributed by atoms with Crippen LogP contribution in [-0.4, -0.2) is 15.0 Å². The van der Waals surface area contributed by atoms with Gasteiger partial charge in [-0.2, -0.15) is 0 Å². The summed E-state index contributed by atoms with van der Waals surface area (Å²) >= 11 is 0. The Labute approximate surface area is 99.2 Å². The van der Waals surface area contributed by atoms with E-state index in [-0.39, 0.29) is 5.82 Å². The van der Waals surface area contributed by atoms with Gasteiger partial charge in [0.05, 0.1) is 5.69 Å². The molecule has 0 fully saturated rings. The van der Waals surface area contributed by atoms with Gasteiger partial charge < -0.3 is 5.73 Å². The van der Waals surface area contributed by atoms with Crippen molar-refractivity contribution in [1.29, 1.82) is 0 Å². The standard InChI is InChI=1S/C12H15FN4/c1-2-7-17-12(11(8-14)15-16-17)9-3-5-10(13)6-4-9/h3-6H,2,7-8,14H2,1H3. The number of aryl methyl sites for hydroxylation is 1. The van der Waals surface area contributed by atoms with Crippen molar-refractivity contribution in [2.24, 2.45) is 5.73 Å². The maximum atomic E-state index is 12.9. The third-order valence-corrected chi connectivity index (χ3v) is 2.55.